The summed E-state index contributed by atoms with van der Waals surface area (Å²) in [7, 11) is 0. The van der Waals surface area contributed by atoms with E-state index in [-0.39, 0.29) is 0 Å². The van der Waals surface area contributed by atoms with Gasteiger partial charge in [-0.1, -0.05) is 0 Å². The van der Waals surface area contributed by atoms with Crippen LogP contribution >= 0.6 is 0 Å². The fraction of sp³-hybridized carbons (Fsp3) is 0.444. The van der Waals surface area contributed by atoms with Crippen molar-refractivity contribution in [3.63, 3.8) is 0 Å². The van der Waals surface area contributed by atoms with Gasteiger partial charge < -0.3 is 9.53 Å². The summed E-state index contributed by atoms with van der Waals surface area (Å²) in [6, 6.07) is 1.57. The fourth-order valence-corrected chi connectivity index (χ4v) is 1.06. The second-order valence-electron chi connectivity index (χ2n) is 2.62. The maximum absolute atomic E-state index is 11.3. The third-order valence-corrected chi connectivity index (χ3v) is 1.66. The Bertz CT molecular complexity index is 320. The Kier molecular flexibility index (Phi) is 3.84. The van der Waals surface area contributed by atoms with Crippen LogP contribution in [0.15, 0.2) is 12.3 Å². The molecule has 5 nitrogen and oxygen atoms in total. The topological polar surface area (TPSA) is 61.2 Å². The molecule has 0 aliphatic carbocycles. The van der Waals surface area contributed by atoms with Crippen molar-refractivity contribution in [1.29, 1.82) is 0 Å². The number of esters is 1. The van der Waals surface area contributed by atoms with Gasteiger partial charge in [0.25, 0.3) is 0 Å². The van der Waals surface area contributed by atoms with E-state index in [1.54, 1.807) is 13.0 Å². The van der Waals surface area contributed by atoms with Gasteiger partial charge in [-0.3, -0.25) is 4.68 Å². The second-order valence-corrected chi connectivity index (χ2v) is 2.62. The summed E-state index contributed by atoms with van der Waals surface area (Å²) in [6.07, 6.45) is 2.64. The van der Waals surface area contributed by atoms with Crippen molar-refractivity contribution in [1.82, 2.24) is 9.78 Å². The Morgan fingerprint density at radius 1 is 1.71 bits per heavy atom. The molecule has 0 spiro atoms. The molecule has 76 valence electrons. The Hall–Kier alpha value is -1.65. The third-order valence-electron chi connectivity index (χ3n) is 1.66. The molecule has 0 N–H and O–H groups in total. The molecule has 0 amide bonds. The summed E-state index contributed by atoms with van der Waals surface area (Å²) in [4.78, 5) is 21.5. The fourth-order valence-electron chi connectivity index (χ4n) is 1.06. The number of ether oxygens (including phenoxy) is 1. The Morgan fingerprint density at radius 3 is 3.14 bits per heavy atom. The maximum atomic E-state index is 11.3. The van der Waals surface area contributed by atoms with Crippen LogP contribution in [0.1, 0.15) is 23.8 Å². The average Bonchev–Trinajstić information content (AvgIpc) is 2.63. The van der Waals surface area contributed by atoms with E-state index in [1.807, 2.05) is 0 Å². The number of hydrogen-bond donors (Lipinski definition) is 0. The number of carbonyl (C=O) groups is 2. The second kappa shape index (κ2) is 5.16. The molecule has 1 heterocycles. The van der Waals surface area contributed by atoms with Crippen LogP contribution in [0, 0.1) is 0 Å². The number of aromatic nitrogens is 2. The summed E-state index contributed by atoms with van der Waals surface area (Å²) >= 11 is 0. The maximum Gasteiger partial charge on any atom is 0.356 e. The van der Waals surface area contributed by atoms with Crippen LogP contribution in [0.3, 0.4) is 0 Å². The molecule has 0 saturated heterocycles. The van der Waals surface area contributed by atoms with Gasteiger partial charge in [-0.05, 0) is 13.0 Å². The zero-order chi connectivity index (χ0) is 10.4. The molecule has 0 aliphatic heterocycles. The summed E-state index contributed by atoms with van der Waals surface area (Å²) in [5.74, 6) is -0.407. The quantitative estimate of drug-likeness (QED) is 0.512. The van der Waals surface area contributed by atoms with E-state index in [0.717, 1.165) is 6.29 Å². The number of hydrogen-bond acceptors (Lipinski definition) is 4. The van der Waals surface area contributed by atoms with Crippen LogP contribution in [-0.4, -0.2) is 28.6 Å². The van der Waals surface area contributed by atoms with Crippen LogP contribution in [-0.2, 0) is 16.1 Å². The first-order valence-corrected chi connectivity index (χ1v) is 4.42. The molecule has 0 saturated carbocycles. The molecule has 0 atom stereocenters. The molecule has 1 aromatic rings. The van der Waals surface area contributed by atoms with Gasteiger partial charge in [0.05, 0.1) is 6.61 Å². The van der Waals surface area contributed by atoms with Crippen molar-refractivity contribution >= 4 is 12.3 Å². The monoisotopic (exact) mass is 196 g/mol. The SMILES string of the molecule is CCOC(=O)c1ccnn1CCC=O. The lowest BCUT2D eigenvalue weighted by Gasteiger charge is -2.04. The van der Waals surface area contributed by atoms with Gasteiger partial charge >= 0.3 is 5.97 Å². The molecule has 1 rings (SSSR count). The van der Waals surface area contributed by atoms with Crippen molar-refractivity contribution in [3.05, 3.63) is 18.0 Å². The van der Waals surface area contributed by atoms with E-state index in [4.69, 9.17) is 4.74 Å². The molecule has 14 heavy (non-hydrogen) atoms. The van der Waals surface area contributed by atoms with Crippen LogP contribution in [0.2, 0.25) is 0 Å². The van der Waals surface area contributed by atoms with Gasteiger partial charge in [0.15, 0.2) is 0 Å². The number of carbonyl (C=O) groups excluding carboxylic acids is 2. The first kappa shape index (κ1) is 10.4. The predicted molar refractivity (Wildman–Crippen MR) is 48.9 cm³/mol. The van der Waals surface area contributed by atoms with E-state index in [9.17, 15) is 9.59 Å². The minimum absolute atomic E-state index is 0.331. The standard InChI is InChI=1S/C9H12N2O3/c1-2-14-9(13)8-4-5-10-11(8)6-3-7-12/h4-5,7H,2-3,6H2,1H3. The van der Waals surface area contributed by atoms with Gasteiger partial charge in [0.2, 0.25) is 0 Å². The zero-order valence-electron chi connectivity index (χ0n) is 7.97. The average molecular weight is 196 g/mol. The van der Waals surface area contributed by atoms with Crippen LogP contribution < -0.4 is 0 Å². The van der Waals surface area contributed by atoms with Crippen LogP contribution in [0.4, 0.5) is 0 Å². The van der Waals surface area contributed by atoms with Gasteiger partial charge in [0.1, 0.15) is 12.0 Å². The zero-order valence-corrected chi connectivity index (χ0v) is 7.97. The first-order valence-electron chi connectivity index (χ1n) is 4.42. The minimum Gasteiger partial charge on any atom is -0.461 e. The Labute approximate surface area is 81.7 Å². The minimum atomic E-state index is -0.407. The predicted octanol–water partition coefficient (Wildman–Crippen LogP) is 0.649. The molecule has 0 aliphatic rings. The molecule has 0 aromatic carbocycles. The van der Waals surface area contributed by atoms with Gasteiger partial charge in [-0.25, -0.2) is 4.79 Å². The van der Waals surface area contributed by atoms with Crippen molar-refractivity contribution in [3.8, 4) is 0 Å². The molecule has 0 radical (unpaired) electrons. The normalized spacial score (nSPS) is 9.79. The van der Waals surface area contributed by atoms with Gasteiger partial charge in [-0.2, -0.15) is 5.10 Å². The summed E-state index contributed by atoms with van der Waals surface area (Å²) < 4.78 is 6.28. The molecular weight excluding hydrogens is 184 g/mol. The lowest BCUT2D eigenvalue weighted by Crippen LogP contribution is -2.13. The van der Waals surface area contributed by atoms with E-state index in [2.05, 4.69) is 5.10 Å². The summed E-state index contributed by atoms with van der Waals surface area (Å²) in [5, 5.41) is 3.91. The van der Waals surface area contributed by atoms with E-state index in [1.165, 1.54) is 10.9 Å². The lowest BCUT2D eigenvalue weighted by atomic mass is 10.4. The molecule has 1 aromatic heterocycles. The van der Waals surface area contributed by atoms with Crippen LogP contribution in [0.25, 0.3) is 0 Å². The first-order chi connectivity index (χ1) is 6.79. The van der Waals surface area contributed by atoms with Gasteiger partial charge in [0, 0.05) is 19.2 Å². The molecular formula is C9H12N2O3. The molecule has 0 bridgehead atoms. The third kappa shape index (κ3) is 2.42. The van der Waals surface area contributed by atoms with Crippen molar-refractivity contribution < 1.29 is 14.3 Å². The highest BCUT2D eigenvalue weighted by Crippen LogP contribution is 2.02. The van der Waals surface area contributed by atoms with E-state index < -0.39 is 5.97 Å². The highest BCUT2D eigenvalue weighted by Gasteiger charge is 2.11. The summed E-state index contributed by atoms with van der Waals surface area (Å²) in [5.41, 5.74) is 0.383. The number of aryl methyl sites for hydroxylation is 1. The van der Waals surface area contributed by atoms with Gasteiger partial charge in [-0.15, -0.1) is 0 Å². The lowest BCUT2D eigenvalue weighted by molar-refractivity contribution is -0.108. The van der Waals surface area contributed by atoms with E-state index >= 15 is 0 Å². The molecule has 5 heteroatoms. The van der Waals surface area contributed by atoms with Crippen molar-refractivity contribution in [2.24, 2.45) is 0 Å². The Balaban J connectivity index is 2.70. The highest BCUT2D eigenvalue weighted by atomic mass is 16.5. The number of rotatable bonds is 5. The van der Waals surface area contributed by atoms with Crippen LogP contribution in [0.5, 0.6) is 0 Å². The number of nitrogens with zero attached hydrogens (tertiary/aromatic N) is 2. The highest BCUT2D eigenvalue weighted by molar-refractivity contribution is 5.87. The Morgan fingerprint density at radius 2 is 2.50 bits per heavy atom. The van der Waals surface area contributed by atoms with Crippen molar-refractivity contribution in [2.45, 2.75) is 19.9 Å². The largest absolute Gasteiger partial charge is 0.461 e. The molecule has 0 fully saturated rings. The summed E-state index contributed by atoms with van der Waals surface area (Å²) in [6.45, 7) is 2.48. The van der Waals surface area contributed by atoms with E-state index in [0.29, 0.717) is 25.3 Å². The molecule has 0 unspecified atom stereocenters. The number of aldehydes is 1. The van der Waals surface area contributed by atoms with Crippen molar-refractivity contribution in [2.75, 3.05) is 6.61 Å². The smallest absolute Gasteiger partial charge is 0.356 e.